The first-order valence-corrected chi connectivity index (χ1v) is 4.38. The Hall–Kier alpha value is 0.320. The molecule has 0 aromatic heterocycles. The minimum absolute atomic E-state index is 0. The summed E-state index contributed by atoms with van der Waals surface area (Å²) < 4.78 is 0.622. The Balaban J connectivity index is 0. The van der Waals surface area contributed by atoms with E-state index in [-0.39, 0.29) is 29.8 Å². The van der Waals surface area contributed by atoms with Gasteiger partial charge in [0.15, 0.2) is 11.9 Å². The van der Waals surface area contributed by atoms with Crippen molar-refractivity contribution in [3.8, 4) is 0 Å². The lowest BCUT2D eigenvalue weighted by Crippen LogP contribution is -3.00. The molecule has 0 aromatic carbocycles. The van der Waals surface area contributed by atoms with Crippen LogP contribution in [0.25, 0.3) is 0 Å². The Bertz CT molecular complexity index is 154. The van der Waals surface area contributed by atoms with E-state index in [1.165, 1.54) is 0 Å². The van der Waals surface area contributed by atoms with Gasteiger partial charge in [-0.3, -0.25) is 4.79 Å². The van der Waals surface area contributed by atoms with Crippen molar-refractivity contribution in [2.24, 2.45) is 0 Å². The fourth-order valence-corrected chi connectivity index (χ4v) is 1.03. The maximum absolute atomic E-state index is 11.2. The van der Waals surface area contributed by atoms with Crippen molar-refractivity contribution in [1.29, 1.82) is 0 Å². The summed E-state index contributed by atoms with van der Waals surface area (Å²) in [5.41, 5.74) is 0. The van der Waals surface area contributed by atoms with Gasteiger partial charge in [0, 0.05) is 6.42 Å². The van der Waals surface area contributed by atoms with Crippen LogP contribution < -0.4 is 24.0 Å². The van der Waals surface area contributed by atoms with Gasteiger partial charge in [0.1, 0.15) is 6.54 Å². The molecule has 1 N–H and O–H groups in total. The third kappa shape index (κ3) is 8.64. The largest absolute Gasteiger partial charge is 1.00 e. The Morgan fingerprint density at radius 1 is 1.38 bits per heavy atom. The third-order valence-electron chi connectivity index (χ3n) is 1.59. The van der Waals surface area contributed by atoms with Gasteiger partial charge in [-0.2, -0.15) is 0 Å². The quantitative estimate of drug-likeness (QED) is 0.448. The number of rotatable bonds is 5. The molecule has 0 rings (SSSR count). The average molecular weight is 301 g/mol. The van der Waals surface area contributed by atoms with Crippen LogP contribution in [0.5, 0.6) is 0 Å². The number of ketones is 1. The van der Waals surface area contributed by atoms with Crippen molar-refractivity contribution in [3.05, 3.63) is 0 Å². The van der Waals surface area contributed by atoms with Crippen molar-refractivity contribution >= 4 is 5.78 Å². The summed E-state index contributed by atoms with van der Waals surface area (Å²) in [5, 5.41) is 9.42. The van der Waals surface area contributed by atoms with Gasteiger partial charge >= 0.3 is 0 Å². The lowest BCUT2D eigenvalue weighted by molar-refractivity contribution is -0.872. The molecule has 0 fully saturated rings. The minimum atomic E-state index is -0.787. The zero-order chi connectivity index (χ0) is 9.78. The van der Waals surface area contributed by atoms with Crippen molar-refractivity contribution in [1.82, 2.24) is 0 Å². The van der Waals surface area contributed by atoms with Crippen LogP contribution in [0.2, 0.25) is 0 Å². The number of likely N-dealkylation sites (N-methyl/N-ethyl adjacent to an activating group) is 1. The molecule has 0 heterocycles. The van der Waals surface area contributed by atoms with E-state index in [2.05, 4.69) is 0 Å². The molecule has 0 radical (unpaired) electrons. The van der Waals surface area contributed by atoms with Crippen molar-refractivity contribution in [2.75, 3.05) is 27.7 Å². The number of carbonyl (C=O) groups excluding carboxylic acids is 1. The molecule has 0 bridgehead atoms. The molecule has 0 spiro atoms. The number of aliphatic hydroxyl groups excluding tert-OH is 1. The molecule has 1 unspecified atom stereocenters. The average Bonchev–Trinajstić information content (AvgIpc) is 1.84. The van der Waals surface area contributed by atoms with E-state index in [1.807, 2.05) is 28.1 Å². The first-order valence-electron chi connectivity index (χ1n) is 4.38. The zero-order valence-electron chi connectivity index (χ0n) is 8.88. The zero-order valence-corrected chi connectivity index (χ0v) is 11.0. The number of aliphatic hydroxyl groups is 1. The number of quaternary nitrogens is 1. The first-order chi connectivity index (χ1) is 5.37. The molecule has 0 amide bonds. The van der Waals surface area contributed by atoms with Gasteiger partial charge in [-0.05, 0) is 6.42 Å². The summed E-state index contributed by atoms with van der Waals surface area (Å²) >= 11 is 0. The van der Waals surface area contributed by atoms with Gasteiger partial charge in [0.05, 0.1) is 21.1 Å². The van der Waals surface area contributed by atoms with E-state index in [4.69, 9.17) is 0 Å². The molecule has 0 aliphatic heterocycles. The lowest BCUT2D eigenvalue weighted by Gasteiger charge is -2.26. The Kier molecular flexibility index (Phi) is 8.16. The minimum Gasteiger partial charge on any atom is -1.00 e. The molecule has 0 saturated carbocycles. The predicted molar refractivity (Wildman–Crippen MR) is 48.8 cm³/mol. The van der Waals surface area contributed by atoms with Crippen LogP contribution in [0.1, 0.15) is 19.8 Å². The highest BCUT2D eigenvalue weighted by atomic mass is 127. The number of carbonyl (C=O) groups is 1. The van der Waals surface area contributed by atoms with Gasteiger partial charge in [0.2, 0.25) is 0 Å². The highest BCUT2D eigenvalue weighted by Crippen LogP contribution is 2.00. The maximum Gasteiger partial charge on any atom is 0.167 e. The van der Waals surface area contributed by atoms with E-state index in [9.17, 15) is 9.90 Å². The smallest absolute Gasteiger partial charge is 0.167 e. The lowest BCUT2D eigenvalue weighted by atomic mass is 10.1. The van der Waals surface area contributed by atoms with Crippen LogP contribution in [0, 0.1) is 0 Å². The SMILES string of the molecule is CCCC(=O)C(O)C[N+](C)(C)C.[I-]. The summed E-state index contributed by atoms with van der Waals surface area (Å²) in [4.78, 5) is 11.2. The molecule has 4 heteroatoms. The van der Waals surface area contributed by atoms with Gasteiger partial charge in [-0.25, -0.2) is 0 Å². The third-order valence-corrected chi connectivity index (χ3v) is 1.59. The Morgan fingerprint density at radius 3 is 2.15 bits per heavy atom. The summed E-state index contributed by atoms with van der Waals surface area (Å²) in [5.74, 6) is -0.0365. The number of Topliss-reactive ketones (excluding diaryl/α,β-unsaturated/α-hetero) is 1. The van der Waals surface area contributed by atoms with Crippen LogP contribution in [-0.2, 0) is 4.79 Å². The fourth-order valence-electron chi connectivity index (χ4n) is 1.03. The summed E-state index contributed by atoms with van der Waals surface area (Å²) in [7, 11) is 5.88. The molecular weight excluding hydrogens is 281 g/mol. The number of nitrogens with zero attached hydrogens (tertiary/aromatic N) is 1. The summed E-state index contributed by atoms with van der Waals surface area (Å²) in [6, 6.07) is 0. The second kappa shape index (κ2) is 6.73. The second-order valence-corrected chi connectivity index (χ2v) is 4.21. The highest BCUT2D eigenvalue weighted by molar-refractivity contribution is 5.82. The highest BCUT2D eigenvalue weighted by Gasteiger charge is 2.21. The molecule has 0 aliphatic carbocycles. The molecular formula is C9H20INO2. The van der Waals surface area contributed by atoms with E-state index >= 15 is 0 Å². The fraction of sp³-hybridized carbons (Fsp3) is 0.889. The summed E-state index contributed by atoms with van der Waals surface area (Å²) in [6.07, 6.45) is 0.513. The van der Waals surface area contributed by atoms with Crippen LogP contribution in [0.4, 0.5) is 0 Å². The van der Waals surface area contributed by atoms with E-state index in [0.29, 0.717) is 17.4 Å². The van der Waals surface area contributed by atoms with E-state index < -0.39 is 6.10 Å². The summed E-state index contributed by atoms with van der Waals surface area (Å²) in [6.45, 7) is 2.44. The topological polar surface area (TPSA) is 37.3 Å². The van der Waals surface area contributed by atoms with Crippen molar-refractivity contribution < 1.29 is 38.4 Å². The van der Waals surface area contributed by atoms with Gasteiger partial charge < -0.3 is 33.6 Å². The van der Waals surface area contributed by atoms with E-state index in [0.717, 1.165) is 6.42 Å². The molecule has 80 valence electrons. The van der Waals surface area contributed by atoms with E-state index in [1.54, 1.807) is 0 Å². The van der Waals surface area contributed by atoms with Gasteiger partial charge in [0.25, 0.3) is 0 Å². The standard InChI is InChI=1S/C9H20NO2.HI/c1-5-6-8(11)9(12)7-10(2,3)4;/h9,12H,5-7H2,1-4H3;1H/q+1;/p-1. The van der Waals surface area contributed by atoms with Crippen molar-refractivity contribution in [2.45, 2.75) is 25.9 Å². The Labute approximate surface area is 97.7 Å². The van der Waals surface area contributed by atoms with Gasteiger partial charge in [-0.15, -0.1) is 0 Å². The van der Waals surface area contributed by atoms with Crippen LogP contribution >= 0.6 is 0 Å². The molecule has 3 nitrogen and oxygen atoms in total. The van der Waals surface area contributed by atoms with Crippen molar-refractivity contribution in [3.63, 3.8) is 0 Å². The molecule has 0 aromatic rings. The molecule has 0 aliphatic rings. The number of hydrogen-bond donors (Lipinski definition) is 1. The first kappa shape index (κ1) is 15.8. The second-order valence-electron chi connectivity index (χ2n) is 4.21. The molecule has 1 atom stereocenters. The predicted octanol–water partition coefficient (Wildman–Crippen LogP) is -2.57. The number of halogens is 1. The van der Waals surface area contributed by atoms with Crippen LogP contribution in [-0.4, -0.2) is 49.2 Å². The maximum atomic E-state index is 11.2. The molecule has 13 heavy (non-hydrogen) atoms. The van der Waals surface area contributed by atoms with Crippen LogP contribution in [0.3, 0.4) is 0 Å². The monoisotopic (exact) mass is 301 g/mol. The molecule has 0 saturated heterocycles. The normalized spacial score (nSPS) is 13.3. The number of hydrogen-bond acceptors (Lipinski definition) is 2. The Morgan fingerprint density at radius 2 is 1.85 bits per heavy atom. The van der Waals surface area contributed by atoms with Gasteiger partial charge in [-0.1, -0.05) is 6.92 Å². The van der Waals surface area contributed by atoms with Crippen LogP contribution in [0.15, 0.2) is 0 Å².